The fourth-order valence-electron chi connectivity index (χ4n) is 5.80. The molecule has 3 aliphatic rings. The molecule has 40 heavy (non-hydrogen) atoms. The number of hydrogen-bond donors (Lipinski definition) is 2. The highest BCUT2D eigenvalue weighted by Crippen LogP contribution is 2.45. The Morgan fingerprint density at radius 2 is 1.93 bits per heavy atom. The average Bonchev–Trinajstić information content (AvgIpc) is 3.47. The van der Waals surface area contributed by atoms with Crippen LogP contribution >= 0.6 is 0 Å². The molecule has 12 heteroatoms. The maximum absolute atomic E-state index is 14.2. The molecule has 2 N–H and O–H groups in total. The number of halogens is 5. The van der Waals surface area contributed by atoms with Gasteiger partial charge in [0.25, 0.3) is 5.92 Å². The van der Waals surface area contributed by atoms with Crippen LogP contribution in [0.15, 0.2) is 30.3 Å². The summed E-state index contributed by atoms with van der Waals surface area (Å²) >= 11 is 0. The zero-order valence-electron chi connectivity index (χ0n) is 22.2. The van der Waals surface area contributed by atoms with E-state index in [1.807, 2.05) is 24.0 Å². The first kappa shape index (κ1) is 28.5. The van der Waals surface area contributed by atoms with Gasteiger partial charge in [-0.2, -0.15) is 13.2 Å². The number of nitrogens with zero attached hydrogens (tertiary/aromatic N) is 3. The molecule has 1 aromatic heterocycles. The van der Waals surface area contributed by atoms with Gasteiger partial charge in [0.05, 0.1) is 13.2 Å². The Morgan fingerprint density at radius 1 is 1.18 bits per heavy atom. The smallest absolute Gasteiger partial charge is 0.387 e. The molecular formula is C28H33F5N4O3. The van der Waals surface area contributed by atoms with Gasteiger partial charge >= 0.3 is 12.2 Å². The number of carbonyl (C=O) groups is 1. The maximum atomic E-state index is 14.2. The fraction of sp³-hybridized carbons (Fsp3) is 0.571. The summed E-state index contributed by atoms with van der Waals surface area (Å²) in [5.41, 5.74) is 3.32. The number of carbonyl (C=O) groups excluding carboxylic acids is 1. The molecule has 3 atom stereocenters. The molecule has 3 fully saturated rings. The molecule has 7 nitrogen and oxygen atoms in total. The van der Waals surface area contributed by atoms with Crippen LogP contribution in [0.4, 0.5) is 38.3 Å². The highest BCUT2D eigenvalue weighted by Gasteiger charge is 2.49. The van der Waals surface area contributed by atoms with Crippen LogP contribution in [0.1, 0.15) is 42.9 Å². The third kappa shape index (κ3) is 6.49. The normalized spacial score (nSPS) is 24.9. The Bertz CT molecular complexity index is 1230. The fourth-order valence-corrected chi connectivity index (χ4v) is 5.80. The first-order chi connectivity index (χ1) is 18.9. The number of aliphatic hydroxyl groups excluding tert-OH is 1. The molecule has 0 radical (unpaired) electrons. The van der Waals surface area contributed by atoms with Crippen LogP contribution in [-0.2, 0) is 4.74 Å². The number of alkyl halides is 5. The molecule has 5 rings (SSSR count). The number of likely N-dealkylation sites (tertiary alicyclic amines) is 1. The number of pyridine rings is 1. The molecular weight excluding hydrogens is 535 g/mol. The molecule has 0 spiro atoms. The largest absolute Gasteiger partial charge is 0.389 e. The molecule has 218 valence electrons. The van der Waals surface area contributed by atoms with Gasteiger partial charge in [0.15, 0.2) is 0 Å². The van der Waals surface area contributed by atoms with Crippen LogP contribution in [0, 0.1) is 12.8 Å². The van der Waals surface area contributed by atoms with E-state index in [0.717, 1.165) is 16.7 Å². The lowest BCUT2D eigenvalue weighted by Crippen LogP contribution is -2.37. The number of benzene rings is 1. The summed E-state index contributed by atoms with van der Waals surface area (Å²) in [6, 6.07) is 8.50. The number of ether oxygens (including phenoxy) is 1. The van der Waals surface area contributed by atoms with Crippen molar-refractivity contribution in [2.45, 2.75) is 56.7 Å². The number of aromatic nitrogens is 1. The molecule has 1 saturated carbocycles. The first-order valence-corrected chi connectivity index (χ1v) is 13.5. The van der Waals surface area contributed by atoms with E-state index < -0.39 is 48.9 Å². The predicted molar refractivity (Wildman–Crippen MR) is 140 cm³/mol. The number of amides is 2. The summed E-state index contributed by atoms with van der Waals surface area (Å²) in [6.07, 6.45) is -7.19. The lowest BCUT2D eigenvalue weighted by atomic mass is 9.95. The predicted octanol–water partition coefficient (Wildman–Crippen LogP) is 5.57. The highest BCUT2D eigenvalue weighted by molar-refractivity contribution is 5.90. The van der Waals surface area contributed by atoms with Crippen LogP contribution < -0.4 is 10.2 Å². The van der Waals surface area contributed by atoms with Crippen molar-refractivity contribution in [3.05, 3.63) is 41.6 Å². The van der Waals surface area contributed by atoms with Gasteiger partial charge in [0.1, 0.15) is 11.9 Å². The van der Waals surface area contributed by atoms with E-state index in [1.165, 1.54) is 4.90 Å². The Kier molecular flexibility index (Phi) is 7.93. The first-order valence-electron chi connectivity index (χ1n) is 13.5. The van der Waals surface area contributed by atoms with Crippen molar-refractivity contribution in [3.8, 4) is 11.1 Å². The number of anilines is 2. The van der Waals surface area contributed by atoms with Crippen molar-refractivity contribution in [1.29, 1.82) is 0 Å². The molecule has 2 aliphatic heterocycles. The summed E-state index contributed by atoms with van der Waals surface area (Å²) in [5, 5.41) is 12.7. The molecule has 1 aromatic carbocycles. The molecule has 1 aliphatic carbocycles. The summed E-state index contributed by atoms with van der Waals surface area (Å²) < 4.78 is 72.2. The Hall–Kier alpha value is -2.99. The summed E-state index contributed by atoms with van der Waals surface area (Å²) in [6.45, 7) is 4.41. The molecule has 2 saturated heterocycles. The van der Waals surface area contributed by atoms with Crippen molar-refractivity contribution in [3.63, 3.8) is 0 Å². The number of urea groups is 1. The van der Waals surface area contributed by atoms with E-state index in [2.05, 4.69) is 5.32 Å². The Morgan fingerprint density at radius 3 is 2.60 bits per heavy atom. The SMILES string of the molecule is Cc1ccc(NC(=O)N2CC[C@@H](CC(F)(F)F)C2)cc1-c1cc(C2C[C@H](O)C(F)(F)C2)nc(N2CCOCC2)c1. The Labute approximate surface area is 229 Å². The number of aryl methyl sites for hydroxylation is 1. The van der Waals surface area contributed by atoms with Crippen LogP contribution in [0.3, 0.4) is 0 Å². The van der Waals surface area contributed by atoms with Gasteiger partial charge in [0.2, 0.25) is 0 Å². The number of hydrogen-bond acceptors (Lipinski definition) is 5. The van der Waals surface area contributed by atoms with Gasteiger partial charge in [-0.05, 0) is 66.6 Å². The standard InChI is InChI=1S/C28H33F5N4O3/c1-17-2-3-21(34-26(39)37-5-4-18(16-37)14-28(31,32)33)13-22(17)19-10-23(20-11-24(38)27(29,30)15-20)35-25(12-19)36-6-8-40-9-7-36/h2-3,10,12-13,18,20,24,38H,4-9,11,14-16H2,1H3,(H,34,39)/t18-,20?,24-/m0/s1. The van der Waals surface area contributed by atoms with Crippen molar-refractivity contribution in [2.75, 3.05) is 49.6 Å². The molecule has 3 heterocycles. The van der Waals surface area contributed by atoms with Crippen LogP contribution in [0.25, 0.3) is 11.1 Å². The van der Waals surface area contributed by atoms with Gasteiger partial charge in [0, 0.05) is 56.3 Å². The molecule has 2 aromatic rings. The maximum Gasteiger partial charge on any atom is 0.389 e. The lowest BCUT2D eigenvalue weighted by molar-refractivity contribution is -0.143. The van der Waals surface area contributed by atoms with E-state index in [0.29, 0.717) is 49.9 Å². The van der Waals surface area contributed by atoms with Gasteiger partial charge in [-0.1, -0.05) is 6.07 Å². The third-order valence-corrected chi connectivity index (χ3v) is 7.99. The van der Waals surface area contributed by atoms with Crippen molar-refractivity contribution in [2.24, 2.45) is 5.92 Å². The van der Waals surface area contributed by atoms with Crippen molar-refractivity contribution in [1.82, 2.24) is 9.88 Å². The molecule has 0 bridgehead atoms. The van der Waals surface area contributed by atoms with E-state index in [4.69, 9.17) is 9.72 Å². The van der Waals surface area contributed by atoms with Crippen molar-refractivity contribution < 1.29 is 36.6 Å². The summed E-state index contributed by atoms with van der Waals surface area (Å²) in [4.78, 5) is 21.0. The topological polar surface area (TPSA) is 77.9 Å². The minimum atomic E-state index is -4.26. The van der Waals surface area contributed by atoms with E-state index in [9.17, 15) is 31.9 Å². The van der Waals surface area contributed by atoms with Crippen LogP contribution in [-0.4, -0.2) is 78.6 Å². The van der Waals surface area contributed by atoms with E-state index >= 15 is 0 Å². The highest BCUT2D eigenvalue weighted by atomic mass is 19.4. The zero-order chi connectivity index (χ0) is 28.7. The minimum Gasteiger partial charge on any atom is -0.387 e. The summed E-state index contributed by atoms with van der Waals surface area (Å²) in [7, 11) is 0. The summed E-state index contributed by atoms with van der Waals surface area (Å²) in [5.74, 6) is -3.79. The second-order valence-corrected chi connectivity index (χ2v) is 11.0. The second kappa shape index (κ2) is 11.1. The number of aliphatic hydroxyl groups is 1. The minimum absolute atomic E-state index is 0.0402. The zero-order valence-corrected chi connectivity index (χ0v) is 22.2. The van der Waals surface area contributed by atoms with E-state index in [1.54, 1.807) is 18.2 Å². The monoisotopic (exact) mass is 568 g/mol. The van der Waals surface area contributed by atoms with Gasteiger partial charge in [-0.25, -0.2) is 18.6 Å². The van der Waals surface area contributed by atoms with Gasteiger partial charge in [-0.3, -0.25) is 0 Å². The van der Waals surface area contributed by atoms with Crippen LogP contribution in [0.5, 0.6) is 0 Å². The third-order valence-electron chi connectivity index (χ3n) is 7.99. The van der Waals surface area contributed by atoms with Gasteiger partial charge in [-0.15, -0.1) is 0 Å². The lowest BCUT2D eigenvalue weighted by Gasteiger charge is -2.29. The number of rotatable bonds is 5. The number of nitrogens with one attached hydrogen (secondary N) is 1. The number of morpholine rings is 1. The van der Waals surface area contributed by atoms with Crippen molar-refractivity contribution >= 4 is 17.5 Å². The van der Waals surface area contributed by atoms with E-state index in [-0.39, 0.29) is 19.5 Å². The quantitative estimate of drug-likeness (QED) is 0.461. The molecule has 2 amide bonds. The van der Waals surface area contributed by atoms with Gasteiger partial charge < -0.3 is 25.0 Å². The average molecular weight is 569 g/mol. The second-order valence-electron chi connectivity index (χ2n) is 11.0. The molecule has 1 unspecified atom stereocenters. The Balaban J connectivity index is 1.40. The van der Waals surface area contributed by atoms with Crippen LogP contribution in [0.2, 0.25) is 0 Å².